The van der Waals surface area contributed by atoms with Gasteiger partial charge >= 0.3 is 0 Å². The summed E-state index contributed by atoms with van der Waals surface area (Å²) in [5.74, 6) is -0.152. The van der Waals surface area contributed by atoms with E-state index in [9.17, 15) is 14.9 Å². The Morgan fingerprint density at radius 2 is 1.96 bits per heavy atom. The minimum atomic E-state index is -0.448. The average molecular weight is 340 g/mol. The van der Waals surface area contributed by atoms with Gasteiger partial charge in [-0.2, -0.15) is 0 Å². The molecule has 0 bridgehead atoms. The Hall–Kier alpha value is -2.80. The Balaban J connectivity index is 1.62. The van der Waals surface area contributed by atoms with Crippen molar-refractivity contribution in [3.63, 3.8) is 0 Å². The van der Waals surface area contributed by atoms with Gasteiger partial charge in [0.15, 0.2) is 0 Å². The lowest BCUT2D eigenvalue weighted by atomic mass is 10.1. The molecule has 1 fully saturated rings. The molecular formula is C18H20N4O3. The van der Waals surface area contributed by atoms with Crippen LogP contribution in [-0.2, 0) is 6.54 Å². The SMILES string of the molecule is Cc1ccc(C(=O)N2CCN(Cc3ccccn3)CC2)cc1[N+](=O)[O-]. The Morgan fingerprint density at radius 1 is 1.20 bits per heavy atom. The standard InChI is InChI=1S/C18H20N4O3/c1-14-5-6-15(12-17(14)22(24)25)18(23)21-10-8-20(9-11-21)13-16-4-2-3-7-19-16/h2-7,12H,8-11,13H2,1H3. The van der Waals surface area contributed by atoms with E-state index in [1.165, 1.54) is 6.07 Å². The lowest BCUT2D eigenvalue weighted by Crippen LogP contribution is -2.48. The first-order chi connectivity index (χ1) is 12.0. The zero-order chi connectivity index (χ0) is 17.8. The fraction of sp³-hybridized carbons (Fsp3) is 0.333. The van der Waals surface area contributed by atoms with E-state index in [0.717, 1.165) is 25.3 Å². The average Bonchev–Trinajstić information content (AvgIpc) is 2.63. The summed E-state index contributed by atoms with van der Waals surface area (Å²) < 4.78 is 0. The predicted octanol–water partition coefficient (Wildman–Crippen LogP) is 2.26. The molecule has 1 saturated heterocycles. The Kier molecular flexibility index (Phi) is 5.04. The van der Waals surface area contributed by atoms with E-state index in [-0.39, 0.29) is 11.6 Å². The van der Waals surface area contributed by atoms with Crippen LogP contribution in [0.5, 0.6) is 0 Å². The maximum Gasteiger partial charge on any atom is 0.273 e. The van der Waals surface area contributed by atoms with Crippen molar-refractivity contribution in [2.24, 2.45) is 0 Å². The van der Waals surface area contributed by atoms with E-state index in [0.29, 0.717) is 24.2 Å². The fourth-order valence-corrected chi connectivity index (χ4v) is 2.95. The maximum absolute atomic E-state index is 12.6. The second kappa shape index (κ2) is 7.40. The number of aryl methyl sites for hydroxylation is 1. The summed E-state index contributed by atoms with van der Waals surface area (Å²) in [6, 6.07) is 10.5. The molecule has 25 heavy (non-hydrogen) atoms. The molecule has 130 valence electrons. The van der Waals surface area contributed by atoms with Gasteiger partial charge in [-0.1, -0.05) is 12.1 Å². The third-order valence-electron chi connectivity index (χ3n) is 4.42. The zero-order valence-electron chi connectivity index (χ0n) is 14.1. The normalized spacial score (nSPS) is 15.2. The monoisotopic (exact) mass is 340 g/mol. The lowest BCUT2D eigenvalue weighted by Gasteiger charge is -2.34. The summed E-state index contributed by atoms with van der Waals surface area (Å²) in [5.41, 5.74) is 1.92. The summed E-state index contributed by atoms with van der Waals surface area (Å²) in [4.78, 5) is 31.6. The Bertz CT molecular complexity index is 771. The lowest BCUT2D eigenvalue weighted by molar-refractivity contribution is -0.385. The number of nitrogens with zero attached hydrogens (tertiary/aromatic N) is 4. The van der Waals surface area contributed by atoms with Crippen LogP contribution in [0.1, 0.15) is 21.6 Å². The summed E-state index contributed by atoms with van der Waals surface area (Å²) in [6.07, 6.45) is 1.78. The smallest absolute Gasteiger partial charge is 0.273 e. The summed E-state index contributed by atoms with van der Waals surface area (Å²) in [5, 5.41) is 11.1. The molecule has 0 N–H and O–H groups in total. The van der Waals surface area contributed by atoms with Gasteiger partial charge < -0.3 is 4.90 Å². The van der Waals surface area contributed by atoms with Gasteiger partial charge in [0, 0.05) is 56.1 Å². The molecule has 0 spiro atoms. The number of pyridine rings is 1. The minimum absolute atomic E-state index is 0.0142. The molecule has 1 amide bonds. The van der Waals surface area contributed by atoms with Gasteiger partial charge in [-0.3, -0.25) is 24.8 Å². The van der Waals surface area contributed by atoms with Gasteiger partial charge in [-0.25, -0.2) is 0 Å². The number of hydrogen-bond acceptors (Lipinski definition) is 5. The van der Waals surface area contributed by atoms with Gasteiger partial charge in [0.25, 0.3) is 11.6 Å². The van der Waals surface area contributed by atoms with E-state index < -0.39 is 4.92 Å². The van der Waals surface area contributed by atoms with Crippen molar-refractivity contribution >= 4 is 11.6 Å². The largest absolute Gasteiger partial charge is 0.336 e. The Labute approximate surface area is 146 Å². The molecule has 7 nitrogen and oxygen atoms in total. The van der Waals surface area contributed by atoms with Gasteiger partial charge in [0.1, 0.15) is 0 Å². The van der Waals surface area contributed by atoms with Crippen molar-refractivity contribution in [3.8, 4) is 0 Å². The zero-order valence-corrected chi connectivity index (χ0v) is 14.1. The summed E-state index contributed by atoms with van der Waals surface area (Å²) >= 11 is 0. The molecule has 3 rings (SSSR count). The first-order valence-electron chi connectivity index (χ1n) is 8.21. The highest BCUT2D eigenvalue weighted by atomic mass is 16.6. The van der Waals surface area contributed by atoms with E-state index >= 15 is 0 Å². The maximum atomic E-state index is 12.6. The second-order valence-corrected chi connectivity index (χ2v) is 6.15. The van der Waals surface area contributed by atoms with Crippen LogP contribution in [-0.4, -0.2) is 51.8 Å². The summed E-state index contributed by atoms with van der Waals surface area (Å²) in [6.45, 7) is 5.16. The van der Waals surface area contributed by atoms with Crippen molar-refractivity contribution in [3.05, 3.63) is 69.5 Å². The van der Waals surface area contributed by atoms with E-state index in [4.69, 9.17) is 0 Å². The molecule has 1 aromatic heterocycles. The van der Waals surface area contributed by atoms with E-state index in [1.807, 2.05) is 18.2 Å². The number of piperazine rings is 1. The summed E-state index contributed by atoms with van der Waals surface area (Å²) in [7, 11) is 0. The van der Waals surface area contributed by atoms with Crippen molar-refractivity contribution in [1.82, 2.24) is 14.8 Å². The molecule has 2 heterocycles. The number of hydrogen-bond donors (Lipinski definition) is 0. The van der Waals surface area contributed by atoms with Crippen molar-refractivity contribution < 1.29 is 9.72 Å². The molecule has 1 aliphatic heterocycles. The Morgan fingerprint density at radius 3 is 2.60 bits per heavy atom. The molecule has 0 atom stereocenters. The highest BCUT2D eigenvalue weighted by molar-refractivity contribution is 5.95. The van der Waals surface area contributed by atoms with Crippen LogP contribution in [0, 0.1) is 17.0 Å². The number of carbonyl (C=O) groups is 1. The van der Waals surface area contributed by atoms with Crippen LogP contribution >= 0.6 is 0 Å². The number of carbonyl (C=O) groups excluding carboxylic acids is 1. The number of nitro benzene ring substituents is 1. The van der Waals surface area contributed by atoms with Gasteiger partial charge in [-0.15, -0.1) is 0 Å². The van der Waals surface area contributed by atoms with E-state index in [1.54, 1.807) is 30.2 Å². The van der Waals surface area contributed by atoms with Crippen LogP contribution in [0.2, 0.25) is 0 Å². The molecule has 7 heteroatoms. The van der Waals surface area contributed by atoms with E-state index in [2.05, 4.69) is 9.88 Å². The number of nitro groups is 1. The number of amides is 1. The molecule has 2 aromatic rings. The third kappa shape index (κ3) is 4.00. The van der Waals surface area contributed by atoms with Crippen LogP contribution in [0.4, 0.5) is 5.69 Å². The highest BCUT2D eigenvalue weighted by Crippen LogP contribution is 2.21. The van der Waals surface area contributed by atoms with Crippen molar-refractivity contribution in [1.29, 1.82) is 0 Å². The van der Waals surface area contributed by atoms with Crippen molar-refractivity contribution in [2.75, 3.05) is 26.2 Å². The third-order valence-corrected chi connectivity index (χ3v) is 4.42. The first-order valence-corrected chi connectivity index (χ1v) is 8.21. The first kappa shape index (κ1) is 17.0. The number of benzene rings is 1. The van der Waals surface area contributed by atoms with Gasteiger partial charge in [0.2, 0.25) is 0 Å². The quantitative estimate of drug-likeness (QED) is 0.630. The van der Waals surface area contributed by atoms with Crippen LogP contribution in [0.3, 0.4) is 0 Å². The molecule has 0 aliphatic carbocycles. The second-order valence-electron chi connectivity index (χ2n) is 6.15. The molecule has 0 saturated carbocycles. The predicted molar refractivity (Wildman–Crippen MR) is 93.3 cm³/mol. The van der Waals surface area contributed by atoms with Crippen LogP contribution < -0.4 is 0 Å². The molecule has 1 aliphatic rings. The highest BCUT2D eigenvalue weighted by Gasteiger charge is 2.24. The van der Waals surface area contributed by atoms with Crippen LogP contribution in [0.15, 0.2) is 42.6 Å². The molecule has 0 radical (unpaired) electrons. The van der Waals surface area contributed by atoms with Gasteiger partial charge in [0.05, 0.1) is 10.6 Å². The fourth-order valence-electron chi connectivity index (χ4n) is 2.95. The number of rotatable bonds is 4. The minimum Gasteiger partial charge on any atom is -0.336 e. The molecule has 0 unspecified atom stereocenters. The number of aromatic nitrogens is 1. The molecule has 1 aromatic carbocycles. The topological polar surface area (TPSA) is 79.6 Å². The molecular weight excluding hydrogens is 320 g/mol. The van der Waals surface area contributed by atoms with Gasteiger partial charge in [-0.05, 0) is 25.1 Å². The van der Waals surface area contributed by atoms with Crippen LogP contribution in [0.25, 0.3) is 0 Å². The van der Waals surface area contributed by atoms with Crippen molar-refractivity contribution in [2.45, 2.75) is 13.5 Å².